The van der Waals surface area contributed by atoms with Gasteiger partial charge in [-0.25, -0.2) is 4.98 Å². The van der Waals surface area contributed by atoms with Crippen LogP contribution in [0.2, 0.25) is 10.0 Å². The summed E-state index contributed by atoms with van der Waals surface area (Å²) < 4.78 is 0. The quantitative estimate of drug-likeness (QED) is 0.669. The van der Waals surface area contributed by atoms with E-state index in [0.717, 1.165) is 16.9 Å². The zero-order valence-electron chi connectivity index (χ0n) is 13.2. The molecule has 3 rings (SSSR count). The second-order valence-corrected chi connectivity index (χ2v) is 6.86. The molecule has 0 radical (unpaired) electrons. The van der Waals surface area contributed by atoms with Crippen LogP contribution in [-0.2, 0) is 6.54 Å². The third-order valence-electron chi connectivity index (χ3n) is 3.31. The van der Waals surface area contributed by atoms with Crippen molar-refractivity contribution in [2.45, 2.75) is 6.54 Å². The Kier molecular flexibility index (Phi) is 5.82. The van der Waals surface area contributed by atoms with Crippen LogP contribution in [0.15, 0.2) is 48.1 Å². The summed E-state index contributed by atoms with van der Waals surface area (Å²) in [5, 5.41) is 7.91. The van der Waals surface area contributed by atoms with E-state index in [1.807, 2.05) is 6.07 Å². The highest BCUT2D eigenvalue weighted by molar-refractivity contribution is 7.14. The molecule has 2 amide bonds. The number of carbonyl (C=O) groups excluding carboxylic acids is 2. The molecule has 0 unspecified atom stereocenters. The van der Waals surface area contributed by atoms with E-state index in [2.05, 4.69) is 20.6 Å². The van der Waals surface area contributed by atoms with E-state index in [4.69, 9.17) is 23.2 Å². The number of hydrogen-bond donors (Lipinski definition) is 2. The van der Waals surface area contributed by atoms with Crippen molar-refractivity contribution >= 4 is 51.5 Å². The Bertz CT molecular complexity index is 947. The highest BCUT2D eigenvalue weighted by atomic mass is 35.5. The average Bonchev–Trinajstić information content (AvgIpc) is 3.09. The van der Waals surface area contributed by atoms with E-state index in [1.54, 1.807) is 29.9 Å². The maximum atomic E-state index is 12.3. The van der Waals surface area contributed by atoms with Crippen LogP contribution in [0.3, 0.4) is 0 Å². The van der Waals surface area contributed by atoms with Gasteiger partial charge in [0.05, 0.1) is 10.6 Å². The molecule has 0 saturated carbocycles. The van der Waals surface area contributed by atoms with Crippen molar-refractivity contribution in [3.8, 4) is 0 Å². The molecule has 2 heterocycles. The third kappa shape index (κ3) is 4.57. The molecule has 0 fully saturated rings. The molecule has 0 saturated heterocycles. The summed E-state index contributed by atoms with van der Waals surface area (Å²) in [6.45, 7) is 0.340. The van der Waals surface area contributed by atoms with Gasteiger partial charge in [-0.05, 0) is 29.8 Å². The number of hydrogen-bond acceptors (Lipinski definition) is 5. The first-order chi connectivity index (χ1) is 12.5. The third-order valence-corrected chi connectivity index (χ3v) is 4.61. The molecule has 0 aliphatic carbocycles. The van der Waals surface area contributed by atoms with E-state index in [0.29, 0.717) is 16.7 Å². The number of rotatable bonds is 5. The van der Waals surface area contributed by atoms with Crippen LogP contribution >= 0.6 is 34.5 Å². The Morgan fingerprint density at radius 1 is 1.15 bits per heavy atom. The van der Waals surface area contributed by atoms with Gasteiger partial charge >= 0.3 is 0 Å². The van der Waals surface area contributed by atoms with Gasteiger partial charge < -0.3 is 5.32 Å². The Balaban J connectivity index is 1.62. The van der Waals surface area contributed by atoms with Crippen LogP contribution in [0.5, 0.6) is 0 Å². The molecule has 26 heavy (non-hydrogen) atoms. The number of nitrogens with one attached hydrogen (secondary N) is 2. The number of thiazole rings is 1. The number of pyridine rings is 1. The van der Waals surface area contributed by atoms with Gasteiger partial charge in [0.25, 0.3) is 11.8 Å². The summed E-state index contributed by atoms with van der Waals surface area (Å²) >= 11 is 13.0. The van der Waals surface area contributed by atoms with Crippen molar-refractivity contribution in [2.75, 3.05) is 5.32 Å². The first-order valence-corrected chi connectivity index (χ1v) is 9.05. The average molecular weight is 407 g/mol. The molecule has 0 aliphatic rings. The SMILES string of the molecule is O=C(NCc1cccnc1)c1csc(NC(=O)c2ccc(Cl)cc2Cl)n1. The lowest BCUT2D eigenvalue weighted by atomic mass is 10.2. The number of halogens is 2. The summed E-state index contributed by atoms with van der Waals surface area (Å²) in [7, 11) is 0. The summed E-state index contributed by atoms with van der Waals surface area (Å²) in [4.78, 5) is 32.5. The second kappa shape index (κ2) is 8.27. The topological polar surface area (TPSA) is 84.0 Å². The fraction of sp³-hybridized carbons (Fsp3) is 0.0588. The van der Waals surface area contributed by atoms with Gasteiger partial charge in [-0.15, -0.1) is 11.3 Å². The van der Waals surface area contributed by atoms with Gasteiger partial charge in [-0.1, -0.05) is 29.3 Å². The van der Waals surface area contributed by atoms with Gasteiger partial charge in [0.15, 0.2) is 5.13 Å². The second-order valence-electron chi connectivity index (χ2n) is 5.16. The van der Waals surface area contributed by atoms with Crippen LogP contribution in [0.4, 0.5) is 5.13 Å². The van der Waals surface area contributed by atoms with Crippen molar-refractivity contribution in [1.82, 2.24) is 15.3 Å². The normalized spacial score (nSPS) is 10.4. The first-order valence-electron chi connectivity index (χ1n) is 7.42. The van der Waals surface area contributed by atoms with E-state index in [-0.39, 0.29) is 22.2 Å². The molecule has 6 nitrogen and oxygen atoms in total. The highest BCUT2D eigenvalue weighted by Gasteiger charge is 2.15. The molecule has 3 aromatic rings. The molecule has 9 heteroatoms. The summed E-state index contributed by atoms with van der Waals surface area (Å²) in [5.74, 6) is -0.765. The fourth-order valence-corrected chi connectivity index (χ4v) is 3.23. The monoisotopic (exact) mass is 406 g/mol. The van der Waals surface area contributed by atoms with Gasteiger partial charge in [-0.3, -0.25) is 19.9 Å². The van der Waals surface area contributed by atoms with E-state index < -0.39 is 5.91 Å². The van der Waals surface area contributed by atoms with Crippen molar-refractivity contribution in [3.05, 3.63) is 75.0 Å². The van der Waals surface area contributed by atoms with E-state index >= 15 is 0 Å². The lowest BCUT2D eigenvalue weighted by Gasteiger charge is -2.04. The van der Waals surface area contributed by atoms with Crippen LogP contribution < -0.4 is 10.6 Å². The predicted octanol–water partition coefficient (Wildman–Crippen LogP) is 4.03. The molecule has 0 bridgehead atoms. The smallest absolute Gasteiger partial charge is 0.271 e. The molecule has 0 atom stereocenters. The summed E-state index contributed by atoms with van der Waals surface area (Å²) in [6.07, 6.45) is 3.33. The van der Waals surface area contributed by atoms with Gasteiger partial charge in [0.2, 0.25) is 0 Å². The van der Waals surface area contributed by atoms with Gasteiger partial charge in [0.1, 0.15) is 5.69 Å². The van der Waals surface area contributed by atoms with Crippen LogP contribution in [-0.4, -0.2) is 21.8 Å². The first kappa shape index (κ1) is 18.3. The van der Waals surface area contributed by atoms with Crippen molar-refractivity contribution in [2.24, 2.45) is 0 Å². The Morgan fingerprint density at radius 3 is 2.73 bits per heavy atom. The van der Waals surface area contributed by atoms with Crippen LogP contribution in [0.25, 0.3) is 0 Å². The van der Waals surface area contributed by atoms with E-state index in [1.165, 1.54) is 12.1 Å². The molecule has 0 spiro atoms. The van der Waals surface area contributed by atoms with Gasteiger partial charge in [-0.2, -0.15) is 0 Å². The van der Waals surface area contributed by atoms with Gasteiger partial charge in [0, 0.05) is 29.3 Å². The van der Waals surface area contributed by atoms with Crippen molar-refractivity contribution in [1.29, 1.82) is 0 Å². The number of carbonyl (C=O) groups is 2. The summed E-state index contributed by atoms with van der Waals surface area (Å²) in [6, 6.07) is 8.23. The van der Waals surface area contributed by atoms with Crippen LogP contribution in [0, 0.1) is 0 Å². The zero-order valence-corrected chi connectivity index (χ0v) is 15.5. The molecular weight excluding hydrogens is 395 g/mol. The van der Waals surface area contributed by atoms with E-state index in [9.17, 15) is 9.59 Å². The minimum Gasteiger partial charge on any atom is -0.347 e. The Hall–Kier alpha value is -2.48. The molecule has 0 aliphatic heterocycles. The maximum Gasteiger partial charge on any atom is 0.271 e. The number of aromatic nitrogens is 2. The fourth-order valence-electron chi connectivity index (χ4n) is 2.05. The number of benzene rings is 1. The molecular formula is C17H12Cl2N4O2S. The molecule has 132 valence electrons. The maximum absolute atomic E-state index is 12.3. The van der Waals surface area contributed by atoms with Crippen molar-refractivity contribution < 1.29 is 9.59 Å². The highest BCUT2D eigenvalue weighted by Crippen LogP contribution is 2.23. The number of anilines is 1. The lowest BCUT2D eigenvalue weighted by Crippen LogP contribution is -2.23. The zero-order chi connectivity index (χ0) is 18.5. The Labute approximate surface area is 163 Å². The molecule has 1 aromatic carbocycles. The largest absolute Gasteiger partial charge is 0.347 e. The van der Waals surface area contributed by atoms with Crippen molar-refractivity contribution in [3.63, 3.8) is 0 Å². The lowest BCUT2D eigenvalue weighted by molar-refractivity contribution is 0.0945. The minimum absolute atomic E-state index is 0.219. The standard InChI is InChI=1S/C17H12Cl2N4O2S/c18-11-3-4-12(13(19)6-11)15(24)23-17-22-14(9-26-17)16(25)21-8-10-2-1-5-20-7-10/h1-7,9H,8H2,(H,21,25)(H,22,23,24). The Morgan fingerprint density at radius 2 is 2.00 bits per heavy atom. The summed E-state index contributed by atoms with van der Waals surface area (Å²) in [5.41, 5.74) is 1.37. The number of amides is 2. The molecule has 2 N–H and O–H groups in total. The molecule has 2 aromatic heterocycles. The number of nitrogens with zero attached hydrogens (tertiary/aromatic N) is 2. The predicted molar refractivity (Wildman–Crippen MR) is 102 cm³/mol. The van der Waals surface area contributed by atoms with Crippen LogP contribution in [0.1, 0.15) is 26.4 Å². The minimum atomic E-state index is -0.427.